The van der Waals surface area contributed by atoms with Crippen molar-refractivity contribution in [2.45, 2.75) is 37.9 Å². The normalized spacial score (nSPS) is 17.0. The minimum atomic E-state index is -1.11. The number of hydrogen-bond acceptors (Lipinski definition) is 5. The molecule has 1 aliphatic heterocycles. The number of carbonyl (C=O) groups is 4. The van der Waals surface area contributed by atoms with Gasteiger partial charge in [0.1, 0.15) is 12.1 Å². The molecule has 1 aromatic heterocycles. The number of carbonyl (C=O) groups excluding carboxylic acids is 4. The molecule has 0 saturated carbocycles. The smallest absolute Gasteiger partial charge is 0.287 e. The van der Waals surface area contributed by atoms with Gasteiger partial charge in [-0.25, -0.2) is 0 Å². The molecule has 3 rings (SSSR count). The van der Waals surface area contributed by atoms with E-state index in [0.29, 0.717) is 6.42 Å². The summed E-state index contributed by atoms with van der Waals surface area (Å²) < 4.78 is 0. The summed E-state index contributed by atoms with van der Waals surface area (Å²) in [7, 11) is 0. The zero-order valence-electron chi connectivity index (χ0n) is 15.8. The molecule has 1 fully saturated rings. The van der Waals surface area contributed by atoms with Crippen LogP contribution in [-0.2, 0) is 32.1 Å². The molecule has 1 saturated heterocycles. The van der Waals surface area contributed by atoms with Gasteiger partial charge in [-0.3, -0.25) is 24.2 Å². The molecule has 1 aromatic carbocycles. The molecule has 1 unspecified atom stereocenters. The Morgan fingerprint density at radius 3 is 2.45 bits per heavy atom. The quantitative estimate of drug-likeness (QED) is 0.626. The topological polar surface area (TPSA) is 122 Å². The molecule has 3 amide bonds. The third kappa shape index (κ3) is 5.04. The third-order valence-corrected chi connectivity index (χ3v) is 4.89. The first-order valence-corrected chi connectivity index (χ1v) is 9.32. The van der Waals surface area contributed by atoms with Gasteiger partial charge >= 0.3 is 0 Å². The molecule has 2 aromatic rings. The number of rotatable bonds is 8. The molecular formula is C21H22N4O4. The van der Waals surface area contributed by atoms with Crippen molar-refractivity contribution in [3.63, 3.8) is 0 Å². The van der Waals surface area contributed by atoms with Crippen LogP contribution in [0, 0.1) is 0 Å². The van der Waals surface area contributed by atoms with E-state index in [4.69, 9.17) is 5.73 Å². The van der Waals surface area contributed by atoms with E-state index in [9.17, 15) is 19.2 Å². The number of nitrogens with zero attached hydrogens (tertiary/aromatic N) is 2. The first kappa shape index (κ1) is 20.2. The standard InChI is InChI=1S/C21H22N4O4/c22-20(28)19(27)16(12-14-4-2-1-3-5-14)24-21(29)17-6-7-18(26)25(17)13-15-8-10-23-11-9-15/h1-5,8-11,16-17H,6-7,12-13H2,(H2,22,28)(H,24,29)/t16?,17-/m0/s1. The maximum atomic E-state index is 12.9. The van der Waals surface area contributed by atoms with Crippen LogP contribution in [0.5, 0.6) is 0 Å². The highest BCUT2D eigenvalue weighted by Gasteiger charge is 2.38. The monoisotopic (exact) mass is 394 g/mol. The molecule has 1 aliphatic rings. The fourth-order valence-electron chi connectivity index (χ4n) is 3.39. The number of nitrogens with two attached hydrogens (primary N) is 1. The van der Waals surface area contributed by atoms with Crippen molar-refractivity contribution in [1.29, 1.82) is 0 Å². The zero-order valence-corrected chi connectivity index (χ0v) is 15.8. The van der Waals surface area contributed by atoms with Gasteiger partial charge in [0.05, 0.1) is 0 Å². The van der Waals surface area contributed by atoms with Crippen molar-refractivity contribution in [2.75, 3.05) is 0 Å². The molecule has 2 heterocycles. The number of likely N-dealkylation sites (tertiary alicyclic amines) is 1. The van der Waals surface area contributed by atoms with E-state index in [1.165, 1.54) is 4.90 Å². The van der Waals surface area contributed by atoms with Gasteiger partial charge < -0.3 is 16.0 Å². The van der Waals surface area contributed by atoms with Gasteiger partial charge in [-0.15, -0.1) is 0 Å². The summed E-state index contributed by atoms with van der Waals surface area (Å²) in [6.07, 6.45) is 3.97. The summed E-state index contributed by atoms with van der Waals surface area (Å²) in [6, 6.07) is 10.8. The Morgan fingerprint density at radius 1 is 1.10 bits per heavy atom. The third-order valence-electron chi connectivity index (χ3n) is 4.89. The second-order valence-corrected chi connectivity index (χ2v) is 6.91. The van der Waals surface area contributed by atoms with E-state index in [2.05, 4.69) is 10.3 Å². The van der Waals surface area contributed by atoms with Crippen LogP contribution in [0.15, 0.2) is 54.9 Å². The highest BCUT2D eigenvalue weighted by atomic mass is 16.2. The van der Waals surface area contributed by atoms with Crippen LogP contribution in [-0.4, -0.2) is 45.5 Å². The maximum absolute atomic E-state index is 12.9. The number of ketones is 1. The van der Waals surface area contributed by atoms with Crippen LogP contribution in [0.25, 0.3) is 0 Å². The first-order valence-electron chi connectivity index (χ1n) is 9.32. The van der Waals surface area contributed by atoms with E-state index in [1.54, 1.807) is 48.8 Å². The van der Waals surface area contributed by atoms with Gasteiger partial charge in [0.15, 0.2) is 0 Å². The Balaban J connectivity index is 1.74. The van der Waals surface area contributed by atoms with Crippen LogP contribution in [0.4, 0.5) is 0 Å². The van der Waals surface area contributed by atoms with Crippen molar-refractivity contribution < 1.29 is 19.2 Å². The molecule has 0 bridgehead atoms. The highest BCUT2D eigenvalue weighted by molar-refractivity contribution is 6.37. The second-order valence-electron chi connectivity index (χ2n) is 6.91. The lowest BCUT2D eigenvalue weighted by Gasteiger charge is -2.26. The fourth-order valence-corrected chi connectivity index (χ4v) is 3.39. The molecule has 150 valence electrons. The largest absolute Gasteiger partial charge is 0.363 e. The summed E-state index contributed by atoms with van der Waals surface area (Å²) in [5.41, 5.74) is 6.79. The molecule has 0 spiro atoms. The first-order chi connectivity index (χ1) is 14.0. The fraction of sp³-hybridized carbons (Fsp3) is 0.286. The van der Waals surface area contributed by atoms with Crippen molar-refractivity contribution >= 4 is 23.5 Å². The number of amides is 3. The van der Waals surface area contributed by atoms with E-state index < -0.39 is 29.7 Å². The van der Waals surface area contributed by atoms with Crippen LogP contribution < -0.4 is 11.1 Å². The predicted molar refractivity (Wildman–Crippen MR) is 104 cm³/mol. The molecule has 0 radical (unpaired) electrons. The van der Waals surface area contributed by atoms with E-state index >= 15 is 0 Å². The lowest BCUT2D eigenvalue weighted by Crippen LogP contribution is -2.53. The number of primary amides is 1. The molecular weight excluding hydrogens is 372 g/mol. The summed E-state index contributed by atoms with van der Waals surface area (Å²) >= 11 is 0. The van der Waals surface area contributed by atoms with Gasteiger partial charge in [-0.05, 0) is 29.7 Å². The Bertz CT molecular complexity index is 901. The number of pyridine rings is 1. The Labute approximate surface area is 168 Å². The van der Waals surface area contributed by atoms with Crippen molar-refractivity contribution in [2.24, 2.45) is 5.73 Å². The Kier molecular flexibility index (Phi) is 6.33. The maximum Gasteiger partial charge on any atom is 0.287 e. The lowest BCUT2D eigenvalue weighted by molar-refractivity contribution is -0.140. The number of benzene rings is 1. The van der Waals surface area contributed by atoms with Gasteiger partial charge in [0.2, 0.25) is 17.6 Å². The number of hydrogen-bond donors (Lipinski definition) is 2. The number of Topliss-reactive ketones (excluding diaryl/α,β-unsaturated/α-hetero) is 1. The second kappa shape index (κ2) is 9.09. The average molecular weight is 394 g/mol. The van der Waals surface area contributed by atoms with Gasteiger partial charge in [-0.2, -0.15) is 0 Å². The minimum absolute atomic E-state index is 0.136. The van der Waals surface area contributed by atoms with Gasteiger partial charge in [-0.1, -0.05) is 30.3 Å². The van der Waals surface area contributed by atoms with Crippen LogP contribution in [0.1, 0.15) is 24.0 Å². The molecule has 3 N–H and O–H groups in total. The van der Waals surface area contributed by atoms with E-state index in [0.717, 1.165) is 11.1 Å². The summed E-state index contributed by atoms with van der Waals surface area (Å²) in [4.78, 5) is 54.3. The molecule has 0 aliphatic carbocycles. The van der Waals surface area contributed by atoms with Crippen LogP contribution in [0.2, 0.25) is 0 Å². The van der Waals surface area contributed by atoms with E-state index in [-0.39, 0.29) is 25.3 Å². The molecule has 2 atom stereocenters. The van der Waals surface area contributed by atoms with Crippen molar-refractivity contribution in [1.82, 2.24) is 15.2 Å². The molecule has 8 heteroatoms. The molecule has 8 nitrogen and oxygen atoms in total. The Morgan fingerprint density at radius 2 is 1.79 bits per heavy atom. The van der Waals surface area contributed by atoms with Crippen molar-refractivity contribution in [3.8, 4) is 0 Å². The minimum Gasteiger partial charge on any atom is -0.363 e. The van der Waals surface area contributed by atoms with Crippen LogP contribution in [0.3, 0.4) is 0 Å². The van der Waals surface area contributed by atoms with Gasteiger partial charge in [0.25, 0.3) is 5.91 Å². The van der Waals surface area contributed by atoms with Crippen LogP contribution >= 0.6 is 0 Å². The lowest BCUT2D eigenvalue weighted by atomic mass is 10.0. The van der Waals surface area contributed by atoms with Gasteiger partial charge in [0, 0.05) is 31.8 Å². The van der Waals surface area contributed by atoms with Crippen molar-refractivity contribution in [3.05, 3.63) is 66.0 Å². The summed E-state index contributed by atoms with van der Waals surface area (Å²) in [5.74, 6) is -2.59. The Hall–Kier alpha value is -3.55. The molecule has 29 heavy (non-hydrogen) atoms. The SMILES string of the molecule is NC(=O)C(=O)C(Cc1ccccc1)NC(=O)[C@@H]1CCC(=O)N1Cc1ccncc1. The average Bonchev–Trinajstić information content (AvgIpc) is 3.08. The highest BCUT2D eigenvalue weighted by Crippen LogP contribution is 2.22. The summed E-state index contributed by atoms with van der Waals surface area (Å²) in [6.45, 7) is 0.270. The van der Waals surface area contributed by atoms with E-state index in [1.807, 2.05) is 6.07 Å². The number of aromatic nitrogens is 1. The summed E-state index contributed by atoms with van der Waals surface area (Å²) in [5, 5.41) is 2.63. The number of nitrogens with one attached hydrogen (secondary N) is 1. The predicted octanol–water partition coefficient (Wildman–Crippen LogP) is 0.354. The zero-order chi connectivity index (χ0) is 20.8.